The molecule has 0 unspecified atom stereocenters. The second kappa shape index (κ2) is 9.56. The molecule has 0 radical (unpaired) electrons. The molecular weight excluding hydrogens is 418 g/mol. The van der Waals surface area contributed by atoms with Gasteiger partial charge in [-0.05, 0) is 55.0 Å². The van der Waals surface area contributed by atoms with Crippen molar-refractivity contribution in [3.05, 3.63) is 99.5 Å². The van der Waals surface area contributed by atoms with Gasteiger partial charge >= 0.3 is 0 Å². The molecule has 1 aromatic heterocycles. The zero-order valence-electron chi connectivity index (χ0n) is 18.8. The third-order valence-corrected chi connectivity index (χ3v) is 5.50. The molecule has 4 aromatic rings. The molecule has 0 bridgehead atoms. The van der Waals surface area contributed by atoms with Gasteiger partial charge in [0.15, 0.2) is 0 Å². The van der Waals surface area contributed by atoms with Gasteiger partial charge in [-0.2, -0.15) is 0 Å². The number of hydrogen-bond donors (Lipinski definition) is 1. The van der Waals surface area contributed by atoms with Gasteiger partial charge in [0.05, 0.1) is 31.8 Å². The Morgan fingerprint density at radius 2 is 1.76 bits per heavy atom. The van der Waals surface area contributed by atoms with Gasteiger partial charge in [-0.15, -0.1) is 0 Å². The van der Waals surface area contributed by atoms with Crippen molar-refractivity contribution in [3.8, 4) is 11.5 Å². The number of aromatic nitrogens is 2. The lowest BCUT2D eigenvalue weighted by Crippen LogP contribution is -2.25. The molecule has 0 spiro atoms. The summed E-state index contributed by atoms with van der Waals surface area (Å²) in [5, 5.41) is 2.91. The van der Waals surface area contributed by atoms with Gasteiger partial charge in [0, 0.05) is 17.7 Å². The third kappa shape index (κ3) is 4.72. The highest BCUT2D eigenvalue weighted by molar-refractivity contribution is 5.94. The molecule has 1 heterocycles. The van der Waals surface area contributed by atoms with E-state index in [0.717, 1.165) is 22.2 Å². The highest BCUT2D eigenvalue weighted by Crippen LogP contribution is 2.24. The smallest absolute Gasteiger partial charge is 0.272 e. The normalized spacial score (nSPS) is 10.8. The van der Waals surface area contributed by atoms with Crippen LogP contribution >= 0.6 is 0 Å². The van der Waals surface area contributed by atoms with E-state index in [2.05, 4.69) is 10.3 Å². The van der Waals surface area contributed by atoms with E-state index < -0.39 is 0 Å². The van der Waals surface area contributed by atoms with Gasteiger partial charge in [0.2, 0.25) is 0 Å². The van der Waals surface area contributed by atoms with E-state index >= 15 is 0 Å². The fraction of sp³-hybridized carbons (Fsp3) is 0.192. The van der Waals surface area contributed by atoms with Crippen LogP contribution in [-0.2, 0) is 13.1 Å². The van der Waals surface area contributed by atoms with Gasteiger partial charge in [-0.3, -0.25) is 9.59 Å². The second-order valence-electron chi connectivity index (χ2n) is 7.63. The van der Waals surface area contributed by atoms with Crippen molar-refractivity contribution in [2.24, 2.45) is 0 Å². The molecule has 0 saturated carbocycles. The summed E-state index contributed by atoms with van der Waals surface area (Å²) < 4.78 is 12.3. The molecule has 7 heteroatoms. The van der Waals surface area contributed by atoms with Crippen LogP contribution in [0.2, 0.25) is 0 Å². The Balaban J connectivity index is 1.49. The Labute approximate surface area is 191 Å². The molecule has 7 nitrogen and oxygen atoms in total. The Kier molecular flexibility index (Phi) is 6.40. The van der Waals surface area contributed by atoms with Crippen LogP contribution in [0.3, 0.4) is 0 Å². The van der Waals surface area contributed by atoms with E-state index in [-0.39, 0.29) is 11.5 Å². The number of methoxy groups -OCH3 is 2. The standard InChI is InChI=1S/C26H25N3O4/c1-17-26(31)29(23-7-5-4-6-22(23)28-17)16-18-8-10-19(11-9-18)25(30)27-15-20-14-21(32-2)12-13-24(20)33-3/h4-14H,15-16H2,1-3H3,(H,27,30). The molecule has 0 aliphatic carbocycles. The number of carbonyl (C=O) groups excluding carboxylic acids is 1. The minimum atomic E-state index is -0.200. The first-order chi connectivity index (χ1) is 16.0. The minimum Gasteiger partial charge on any atom is -0.497 e. The summed E-state index contributed by atoms with van der Waals surface area (Å²) in [6.07, 6.45) is 0. The van der Waals surface area contributed by atoms with Crippen molar-refractivity contribution < 1.29 is 14.3 Å². The molecule has 3 aromatic carbocycles. The molecule has 0 aliphatic rings. The number of benzene rings is 3. The van der Waals surface area contributed by atoms with E-state index in [1.807, 2.05) is 54.6 Å². The Morgan fingerprint density at radius 3 is 2.48 bits per heavy atom. The molecule has 0 aliphatic heterocycles. The fourth-order valence-corrected chi connectivity index (χ4v) is 3.72. The second-order valence-corrected chi connectivity index (χ2v) is 7.63. The van der Waals surface area contributed by atoms with Crippen LogP contribution in [-0.4, -0.2) is 29.7 Å². The summed E-state index contributed by atoms with van der Waals surface area (Å²) in [6, 6.07) is 20.3. The van der Waals surface area contributed by atoms with Crippen LogP contribution in [0.15, 0.2) is 71.5 Å². The lowest BCUT2D eigenvalue weighted by Gasteiger charge is -2.13. The monoisotopic (exact) mass is 443 g/mol. The van der Waals surface area contributed by atoms with E-state index in [1.165, 1.54) is 0 Å². The Hall–Kier alpha value is -4.13. The van der Waals surface area contributed by atoms with Gasteiger partial charge < -0.3 is 19.4 Å². The zero-order chi connectivity index (χ0) is 23.4. The summed E-state index contributed by atoms with van der Waals surface area (Å²) in [5.41, 5.74) is 4.16. The third-order valence-electron chi connectivity index (χ3n) is 5.50. The lowest BCUT2D eigenvalue weighted by molar-refractivity contribution is 0.0950. The van der Waals surface area contributed by atoms with Crippen molar-refractivity contribution >= 4 is 16.9 Å². The Morgan fingerprint density at radius 1 is 1.00 bits per heavy atom. The topological polar surface area (TPSA) is 82.5 Å². The summed E-state index contributed by atoms with van der Waals surface area (Å²) in [7, 11) is 3.18. The molecule has 4 rings (SSSR count). The van der Waals surface area contributed by atoms with E-state index in [4.69, 9.17) is 9.47 Å². The maximum Gasteiger partial charge on any atom is 0.272 e. The van der Waals surface area contributed by atoms with Crippen molar-refractivity contribution in [1.82, 2.24) is 14.9 Å². The summed E-state index contributed by atoms with van der Waals surface area (Å²) in [4.78, 5) is 29.7. The fourth-order valence-electron chi connectivity index (χ4n) is 3.72. The van der Waals surface area contributed by atoms with E-state index in [9.17, 15) is 9.59 Å². The highest BCUT2D eigenvalue weighted by atomic mass is 16.5. The molecule has 1 amide bonds. The molecule has 33 heavy (non-hydrogen) atoms. The number of hydrogen-bond acceptors (Lipinski definition) is 5. The number of rotatable bonds is 7. The van der Waals surface area contributed by atoms with Gasteiger partial charge in [0.25, 0.3) is 11.5 Å². The summed E-state index contributed by atoms with van der Waals surface area (Å²) in [6.45, 7) is 2.42. The number of amides is 1. The minimum absolute atomic E-state index is 0.122. The number of ether oxygens (including phenoxy) is 2. The molecule has 1 N–H and O–H groups in total. The number of nitrogens with zero attached hydrogens (tertiary/aromatic N) is 2. The predicted octanol–water partition coefficient (Wildman–Crippen LogP) is 3.70. The maximum atomic E-state index is 12.7. The van der Waals surface area contributed by atoms with Crippen LogP contribution < -0.4 is 20.3 Å². The first-order valence-electron chi connectivity index (χ1n) is 10.5. The number of nitrogens with one attached hydrogen (secondary N) is 1. The van der Waals surface area contributed by atoms with Crippen molar-refractivity contribution in [2.45, 2.75) is 20.0 Å². The zero-order valence-corrected chi connectivity index (χ0v) is 18.8. The highest BCUT2D eigenvalue weighted by Gasteiger charge is 2.11. The number of para-hydroxylation sites is 2. The number of fused-ring (bicyclic) bond motifs is 1. The van der Waals surface area contributed by atoms with Crippen molar-refractivity contribution in [1.29, 1.82) is 0 Å². The lowest BCUT2D eigenvalue weighted by atomic mass is 10.1. The van der Waals surface area contributed by atoms with Crippen molar-refractivity contribution in [2.75, 3.05) is 14.2 Å². The summed E-state index contributed by atoms with van der Waals surface area (Å²) >= 11 is 0. The summed E-state index contributed by atoms with van der Waals surface area (Å²) in [5.74, 6) is 1.17. The molecule has 0 saturated heterocycles. The first kappa shape index (κ1) is 22.1. The SMILES string of the molecule is COc1ccc(OC)c(CNC(=O)c2ccc(Cn3c(=O)c(C)nc4ccccc43)cc2)c1. The number of carbonyl (C=O) groups is 1. The average Bonchev–Trinajstić information content (AvgIpc) is 2.85. The van der Waals surface area contributed by atoms with Crippen LogP contribution in [0.25, 0.3) is 11.0 Å². The molecular formula is C26H25N3O4. The molecule has 0 atom stereocenters. The van der Waals surface area contributed by atoms with Gasteiger partial charge in [-0.1, -0.05) is 24.3 Å². The average molecular weight is 444 g/mol. The first-order valence-corrected chi connectivity index (χ1v) is 10.5. The quantitative estimate of drug-likeness (QED) is 0.471. The van der Waals surface area contributed by atoms with Crippen LogP contribution in [0.5, 0.6) is 11.5 Å². The van der Waals surface area contributed by atoms with Crippen LogP contribution in [0, 0.1) is 6.92 Å². The molecule has 0 fully saturated rings. The van der Waals surface area contributed by atoms with E-state index in [1.54, 1.807) is 37.8 Å². The number of aryl methyl sites for hydroxylation is 1. The predicted molar refractivity (Wildman–Crippen MR) is 127 cm³/mol. The Bertz CT molecular complexity index is 1360. The molecule has 168 valence electrons. The van der Waals surface area contributed by atoms with E-state index in [0.29, 0.717) is 35.8 Å². The largest absolute Gasteiger partial charge is 0.497 e. The van der Waals surface area contributed by atoms with Gasteiger partial charge in [-0.25, -0.2) is 4.98 Å². The maximum absolute atomic E-state index is 12.7. The van der Waals surface area contributed by atoms with Crippen LogP contribution in [0.4, 0.5) is 0 Å². The van der Waals surface area contributed by atoms with Crippen LogP contribution in [0.1, 0.15) is 27.2 Å². The van der Waals surface area contributed by atoms with Crippen molar-refractivity contribution in [3.63, 3.8) is 0 Å². The van der Waals surface area contributed by atoms with Gasteiger partial charge in [0.1, 0.15) is 17.2 Å².